The van der Waals surface area contributed by atoms with Crippen LogP contribution in [0.25, 0.3) is 21.6 Å². The highest BCUT2D eigenvalue weighted by Gasteiger charge is 2.27. The van der Waals surface area contributed by atoms with Gasteiger partial charge in [0.15, 0.2) is 11.6 Å². The predicted molar refractivity (Wildman–Crippen MR) is 134 cm³/mol. The van der Waals surface area contributed by atoms with Gasteiger partial charge in [-0.05, 0) is 68.1 Å². The number of thiophene rings is 1. The molecule has 4 heterocycles. The SMILES string of the molecule is CC(=O)c1ccc(N2CCN(c3nc(-c4cccnc4)nc4sc5c(c34)CCC5)CC2)cc1. The second-order valence-electron chi connectivity index (χ2n) is 8.73. The summed E-state index contributed by atoms with van der Waals surface area (Å²) in [4.78, 5) is 33.3. The van der Waals surface area contributed by atoms with Gasteiger partial charge in [-0.3, -0.25) is 9.78 Å². The van der Waals surface area contributed by atoms with E-state index in [0.717, 1.165) is 66.6 Å². The zero-order valence-electron chi connectivity index (χ0n) is 18.6. The van der Waals surface area contributed by atoms with Gasteiger partial charge in [0.05, 0.1) is 5.39 Å². The molecule has 0 amide bonds. The number of pyridine rings is 1. The highest BCUT2D eigenvalue weighted by Crippen LogP contribution is 2.41. The minimum Gasteiger partial charge on any atom is -0.368 e. The molecule has 0 spiro atoms. The quantitative estimate of drug-likeness (QED) is 0.413. The molecule has 6 nitrogen and oxygen atoms in total. The number of piperazine rings is 1. The van der Waals surface area contributed by atoms with Gasteiger partial charge in [-0.2, -0.15) is 0 Å². The van der Waals surface area contributed by atoms with Gasteiger partial charge < -0.3 is 9.80 Å². The Hall–Kier alpha value is -3.32. The molecule has 166 valence electrons. The van der Waals surface area contributed by atoms with Crippen molar-refractivity contribution in [1.82, 2.24) is 15.0 Å². The fraction of sp³-hybridized carbons (Fsp3) is 0.308. The van der Waals surface area contributed by atoms with E-state index in [2.05, 4.69) is 26.9 Å². The lowest BCUT2D eigenvalue weighted by Crippen LogP contribution is -2.47. The molecule has 6 rings (SSSR count). The van der Waals surface area contributed by atoms with E-state index in [1.54, 1.807) is 13.1 Å². The number of aromatic nitrogens is 3. The summed E-state index contributed by atoms with van der Waals surface area (Å²) < 4.78 is 0. The number of benzene rings is 1. The average molecular weight is 456 g/mol. The fourth-order valence-corrected chi connectivity index (χ4v) is 6.17. The van der Waals surface area contributed by atoms with Gasteiger partial charge in [0.2, 0.25) is 0 Å². The molecule has 1 fully saturated rings. The zero-order chi connectivity index (χ0) is 22.4. The predicted octanol–water partition coefficient (Wildman–Crippen LogP) is 4.77. The summed E-state index contributed by atoms with van der Waals surface area (Å²) in [5.41, 5.74) is 4.35. The minimum absolute atomic E-state index is 0.104. The summed E-state index contributed by atoms with van der Waals surface area (Å²) in [6, 6.07) is 11.9. The lowest BCUT2D eigenvalue weighted by molar-refractivity contribution is 0.101. The van der Waals surface area contributed by atoms with E-state index in [9.17, 15) is 4.79 Å². The molecule has 0 N–H and O–H groups in total. The number of hydrogen-bond acceptors (Lipinski definition) is 7. The lowest BCUT2D eigenvalue weighted by Gasteiger charge is -2.37. The van der Waals surface area contributed by atoms with E-state index in [1.165, 1.54) is 27.9 Å². The molecule has 7 heteroatoms. The molecular weight excluding hydrogens is 430 g/mol. The Labute approximate surface area is 196 Å². The monoisotopic (exact) mass is 455 g/mol. The van der Waals surface area contributed by atoms with Gasteiger partial charge >= 0.3 is 0 Å². The van der Waals surface area contributed by atoms with Crippen molar-refractivity contribution in [3.63, 3.8) is 0 Å². The smallest absolute Gasteiger partial charge is 0.164 e. The minimum atomic E-state index is 0.104. The number of anilines is 2. The third-order valence-electron chi connectivity index (χ3n) is 6.68. The standard InChI is InChI=1S/C26H25N5OS/c1-17(32)18-7-9-20(10-8-18)30-12-14-31(15-13-30)25-23-21-5-2-6-22(21)33-26(23)29-24(28-25)19-4-3-11-27-16-19/h3-4,7-11,16H,2,5-6,12-15H2,1H3. The van der Waals surface area contributed by atoms with Crippen LogP contribution >= 0.6 is 11.3 Å². The van der Waals surface area contributed by atoms with Crippen molar-refractivity contribution in [2.75, 3.05) is 36.0 Å². The van der Waals surface area contributed by atoms with Gasteiger partial charge in [0.25, 0.3) is 0 Å². The van der Waals surface area contributed by atoms with Crippen molar-refractivity contribution in [3.05, 3.63) is 64.8 Å². The van der Waals surface area contributed by atoms with Crippen molar-refractivity contribution < 1.29 is 4.79 Å². The molecular formula is C26H25N5OS. The van der Waals surface area contributed by atoms with Crippen LogP contribution < -0.4 is 9.80 Å². The molecule has 1 aliphatic heterocycles. The second kappa shape index (κ2) is 8.23. The molecule has 3 aromatic heterocycles. The van der Waals surface area contributed by atoms with Gasteiger partial charge in [0, 0.05) is 60.3 Å². The normalized spacial score (nSPS) is 15.8. The van der Waals surface area contributed by atoms with Gasteiger partial charge in [0.1, 0.15) is 10.6 Å². The van der Waals surface area contributed by atoms with Gasteiger partial charge in [-0.1, -0.05) is 0 Å². The van der Waals surface area contributed by atoms with E-state index < -0.39 is 0 Å². The van der Waals surface area contributed by atoms with Crippen molar-refractivity contribution >= 4 is 38.8 Å². The fourth-order valence-electron chi connectivity index (χ4n) is 4.91. The van der Waals surface area contributed by atoms with Crippen LogP contribution in [0.3, 0.4) is 0 Å². The van der Waals surface area contributed by atoms with Crippen molar-refractivity contribution in [2.24, 2.45) is 0 Å². The number of carbonyl (C=O) groups excluding carboxylic acids is 1. The molecule has 0 unspecified atom stereocenters. The maximum atomic E-state index is 11.6. The number of nitrogens with zero attached hydrogens (tertiary/aromatic N) is 5. The Morgan fingerprint density at radius 3 is 2.48 bits per heavy atom. The summed E-state index contributed by atoms with van der Waals surface area (Å²) >= 11 is 1.84. The van der Waals surface area contributed by atoms with Crippen molar-refractivity contribution in [1.29, 1.82) is 0 Å². The number of aryl methyl sites for hydroxylation is 2. The van der Waals surface area contributed by atoms with Crippen molar-refractivity contribution in [2.45, 2.75) is 26.2 Å². The summed E-state index contributed by atoms with van der Waals surface area (Å²) in [5.74, 6) is 1.93. The largest absolute Gasteiger partial charge is 0.368 e. The Kier molecular flexibility index (Phi) is 5.06. The molecule has 1 aliphatic carbocycles. The van der Waals surface area contributed by atoms with Crippen LogP contribution in [-0.4, -0.2) is 46.9 Å². The highest BCUT2D eigenvalue weighted by atomic mass is 32.1. The number of fused-ring (bicyclic) bond motifs is 3. The van der Waals surface area contributed by atoms with Gasteiger partial charge in [-0.25, -0.2) is 9.97 Å². The summed E-state index contributed by atoms with van der Waals surface area (Å²) in [6.45, 7) is 5.24. The van der Waals surface area contributed by atoms with Gasteiger partial charge in [-0.15, -0.1) is 11.3 Å². The van der Waals surface area contributed by atoms with Crippen molar-refractivity contribution in [3.8, 4) is 11.4 Å². The van der Waals surface area contributed by atoms with E-state index in [0.29, 0.717) is 0 Å². The maximum Gasteiger partial charge on any atom is 0.164 e. The molecule has 4 aromatic rings. The Morgan fingerprint density at radius 2 is 1.76 bits per heavy atom. The Morgan fingerprint density at radius 1 is 0.970 bits per heavy atom. The highest BCUT2D eigenvalue weighted by molar-refractivity contribution is 7.19. The van der Waals surface area contributed by atoms with Crippen LogP contribution in [0.15, 0.2) is 48.8 Å². The molecule has 33 heavy (non-hydrogen) atoms. The molecule has 0 radical (unpaired) electrons. The first-order valence-corrected chi connectivity index (χ1v) is 12.3. The Balaban J connectivity index is 1.32. The molecule has 1 saturated heterocycles. The van der Waals surface area contributed by atoms with Crippen LogP contribution in [0, 0.1) is 0 Å². The topological polar surface area (TPSA) is 62.2 Å². The van der Waals surface area contributed by atoms with Crippen LogP contribution in [0.5, 0.6) is 0 Å². The lowest BCUT2D eigenvalue weighted by atomic mass is 10.1. The third-order valence-corrected chi connectivity index (χ3v) is 7.87. The first-order valence-electron chi connectivity index (χ1n) is 11.5. The number of ketones is 1. The molecule has 2 aliphatic rings. The Bertz CT molecular complexity index is 1320. The average Bonchev–Trinajstić information content (AvgIpc) is 3.45. The summed E-state index contributed by atoms with van der Waals surface area (Å²) in [5, 5.41) is 1.26. The maximum absolute atomic E-state index is 11.6. The number of Topliss-reactive ketones (excluding diaryl/α,β-unsaturated/α-hetero) is 1. The van der Waals surface area contributed by atoms with Crippen LogP contribution in [0.1, 0.15) is 34.1 Å². The summed E-state index contributed by atoms with van der Waals surface area (Å²) in [6.07, 6.45) is 7.13. The molecule has 1 aromatic carbocycles. The van der Waals surface area contributed by atoms with E-state index in [1.807, 2.05) is 41.8 Å². The first kappa shape index (κ1) is 20.3. The second-order valence-corrected chi connectivity index (χ2v) is 9.81. The zero-order valence-corrected chi connectivity index (χ0v) is 19.4. The van der Waals surface area contributed by atoms with E-state index >= 15 is 0 Å². The number of rotatable bonds is 4. The van der Waals surface area contributed by atoms with Crippen LogP contribution in [0.4, 0.5) is 11.5 Å². The molecule has 0 bridgehead atoms. The van der Waals surface area contributed by atoms with E-state index in [4.69, 9.17) is 9.97 Å². The van der Waals surface area contributed by atoms with Crippen LogP contribution in [0.2, 0.25) is 0 Å². The first-order chi connectivity index (χ1) is 16.2. The summed E-state index contributed by atoms with van der Waals surface area (Å²) in [7, 11) is 0. The molecule has 0 atom stereocenters. The number of carbonyl (C=O) groups is 1. The van der Waals surface area contributed by atoms with E-state index in [-0.39, 0.29) is 5.78 Å². The molecule has 0 saturated carbocycles. The number of hydrogen-bond donors (Lipinski definition) is 0. The van der Waals surface area contributed by atoms with Crippen LogP contribution in [-0.2, 0) is 12.8 Å². The third kappa shape index (κ3) is 3.66.